The highest BCUT2D eigenvalue weighted by Crippen LogP contribution is 2.26. The van der Waals surface area contributed by atoms with Gasteiger partial charge in [-0.05, 0) is 19.1 Å². The van der Waals surface area contributed by atoms with E-state index in [-0.39, 0.29) is 0 Å². The summed E-state index contributed by atoms with van der Waals surface area (Å²) in [5.74, 6) is 3.05. The van der Waals surface area contributed by atoms with Gasteiger partial charge in [0, 0.05) is 32.2 Å². The monoisotopic (exact) mass is 343 g/mol. The highest BCUT2D eigenvalue weighted by Gasteiger charge is 2.10. The van der Waals surface area contributed by atoms with Gasteiger partial charge in [0.15, 0.2) is 0 Å². The molecule has 0 radical (unpaired) electrons. The molecule has 7 nitrogen and oxygen atoms in total. The number of hydrogen-bond acceptors (Lipinski definition) is 7. The number of aryl methyl sites for hydroxylation is 1. The number of methoxy groups -OCH3 is 1. The largest absolute Gasteiger partial charge is 0.495 e. The van der Waals surface area contributed by atoms with Gasteiger partial charge < -0.3 is 20.1 Å². The summed E-state index contributed by atoms with van der Waals surface area (Å²) >= 11 is 0. The van der Waals surface area contributed by atoms with Gasteiger partial charge in [0.05, 0.1) is 26.0 Å². The fourth-order valence-corrected chi connectivity index (χ4v) is 2.78. The number of ether oxygens (including phenoxy) is 2. The van der Waals surface area contributed by atoms with Crippen LogP contribution in [0.25, 0.3) is 0 Å². The van der Waals surface area contributed by atoms with E-state index in [1.165, 1.54) is 0 Å². The van der Waals surface area contributed by atoms with Crippen LogP contribution in [0, 0.1) is 6.92 Å². The summed E-state index contributed by atoms with van der Waals surface area (Å²) in [5, 5.41) is 6.68. The zero-order chi connectivity index (χ0) is 17.5. The van der Waals surface area contributed by atoms with Gasteiger partial charge in [-0.25, -0.2) is 9.97 Å². The molecule has 3 rings (SSSR count). The summed E-state index contributed by atoms with van der Waals surface area (Å²) in [5.41, 5.74) is 0.877. The smallest absolute Gasteiger partial charge is 0.142 e. The van der Waals surface area contributed by atoms with E-state index in [4.69, 9.17) is 9.47 Å². The van der Waals surface area contributed by atoms with Crippen LogP contribution in [-0.2, 0) is 4.74 Å². The molecule has 1 aromatic carbocycles. The van der Waals surface area contributed by atoms with Gasteiger partial charge in [-0.3, -0.25) is 4.90 Å². The predicted molar refractivity (Wildman–Crippen MR) is 98.8 cm³/mol. The number of anilines is 3. The SMILES string of the molecule is COc1ccccc1Nc1cc(NCCN2CCOCC2)nc(C)n1. The first kappa shape index (κ1) is 17.4. The number of rotatable bonds is 7. The number of aromatic nitrogens is 2. The van der Waals surface area contributed by atoms with Crippen LogP contribution in [0.3, 0.4) is 0 Å². The third-order valence-electron chi connectivity index (χ3n) is 4.05. The number of nitrogens with one attached hydrogen (secondary N) is 2. The Kier molecular flexibility index (Phi) is 6.03. The van der Waals surface area contributed by atoms with Gasteiger partial charge >= 0.3 is 0 Å². The normalized spacial score (nSPS) is 15.0. The van der Waals surface area contributed by atoms with E-state index in [1.807, 2.05) is 37.3 Å². The minimum atomic E-state index is 0.716. The molecule has 2 aromatic rings. The highest BCUT2D eigenvalue weighted by molar-refractivity contribution is 5.65. The van der Waals surface area contributed by atoms with E-state index in [9.17, 15) is 0 Å². The second-order valence-electron chi connectivity index (χ2n) is 5.89. The Labute approximate surface area is 148 Å². The summed E-state index contributed by atoms with van der Waals surface area (Å²) in [6.07, 6.45) is 0. The van der Waals surface area contributed by atoms with Crippen molar-refractivity contribution >= 4 is 17.3 Å². The van der Waals surface area contributed by atoms with E-state index in [1.54, 1.807) is 7.11 Å². The lowest BCUT2D eigenvalue weighted by molar-refractivity contribution is 0.0398. The van der Waals surface area contributed by atoms with Crippen LogP contribution in [0.1, 0.15) is 5.82 Å². The summed E-state index contributed by atoms with van der Waals surface area (Å²) in [6.45, 7) is 7.32. The quantitative estimate of drug-likeness (QED) is 0.799. The molecule has 7 heteroatoms. The lowest BCUT2D eigenvalue weighted by atomic mass is 10.3. The molecule has 0 bridgehead atoms. The van der Waals surface area contributed by atoms with Crippen molar-refractivity contribution in [2.24, 2.45) is 0 Å². The summed E-state index contributed by atoms with van der Waals surface area (Å²) in [4.78, 5) is 11.3. The Hall–Kier alpha value is -2.38. The van der Waals surface area contributed by atoms with Crippen LogP contribution in [0.4, 0.5) is 17.3 Å². The van der Waals surface area contributed by atoms with Gasteiger partial charge in [0.1, 0.15) is 23.2 Å². The molecule has 0 saturated carbocycles. The first-order valence-electron chi connectivity index (χ1n) is 8.54. The van der Waals surface area contributed by atoms with Crippen LogP contribution in [0.2, 0.25) is 0 Å². The number of para-hydroxylation sites is 2. The van der Waals surface area contributed by atoms with Gasteiger partial charge in [-0.15, -0.1) is 0 Å². The first-order chi connectivity index (χ1) is 12.2. The lowest BCUT2D eigenvalue weighted by Crippen LogP contribution is -2.39. The average molecular weight is 343 g/mol. The molecule has 0 atom stereocenters. The van der Waals surface area contributed by atoms with Crippen molar-refractivity contribution in [1.29, 1.82) is 0 Å². The molecule has 25 heavy (non-hydrogen) atoms. The van der Waals surface area contributed by atoms with E-state index in [0.717, 1.165) is 62.5 Å². The standard InChI is InChI=1S/C18H25N5O2/c1-14-20-17(19-7-8-23-9-11-25-12-10-23)13-18(21-14)22-15-5-3-4-6-16(15)24-2/h3-6,13H,7-12H2,1-2H3,(H2,19,20,21,22). The summed E-state index contributed by atoms with van der Waals surface area (Å²) < 4.78 is 10.7. The molecule has 1 aliphatic heterocycles. The van der Waals surface area contributed by atoms with Gasteiger partial charge in [0.25, 0.3) is 0 Å². The first-order valence-corrected chi connectivity index (χ1v) is 8.54. The molecule has 1 fully saturated rings. The summed E-state index contributed by atoms with van der Waals surface area (Å²) in [6, 6.07) is 9.69. The van der Waals surface area contributed by atoms with Crippen molar-refractivity contribution in [2.45, 2.75) is 6.92 Å². The van der Waals surface area contributed by atoms with Crippen LogP contribution in [-0.4, -0.2) is 61.4 Å². The molecule has 2 heterocycles. The molecule has 1 aliphatic rings. The van der Waals surface area contributed by atoms with Crippen LogP contribution in [0.5, 0.6) is 5.75 Å². The van der Waals surface area contributed by atoms with Crippen LogP contribution < -0.4 is 15.4 Å². The van der Waals surface area contributed by atoms with Crippen molar-refractivity contribution in [2.75, 3.05) is 57.1 Å². The third kappa shape index (κ3) is 5.04. The molecule has 134 valence electrons. The Morgan fingerprint density at radius 3 is 2.72 bits per heavy atom. The number of morpholine rings is 1. The molecule has 1 saturated heterocycles. The molecular formula is C18H25N5O2. The van der Waals surface area contributed by atoms with Crippen LogP contribution in [0.15, 0.2) is 30.3 Å². The molecule has 0 aliphatic carbocycles. The van der Waals surface area contributed by atoms with E-state index in [2.05, 4.69) is 25.5 Å². The fourth-order valence-electron chi connectivity index (χ4n) is 2.78. The van der Waals surface area contributed by atoms with Crippen LogP contribution >= 0.6 is 0 Å². The maximum atomic E-state index is 5.37. The minimum absolute atomic E-state index is 0.716. The van der Waals surface area contributed by atoms with Gasteiger partial charge in [-0.1, -0.05) is 12.1 Å². The number of benzene rings is 1. The Balaban J connectivity index is 1.61. The lowest BCUT2D eigenvalue weighted by Gasteiger charge is -2.26. The van der Waals surface area contributed by atoms with Gasteiger partial charge in [-0.2, -0.15) is 0 Å². The van der Waals surface area contributed by atoms with E-state index >= 15 is 0 Å². The Morgan fingerprint density at radius 2 is 1.92 bits per heavy atom. The zero-order valence-corrected chi connectivity index (χ0v) is 14.8. The maximum Gasteiger partial charge on any atom is 0.142 e. The average Bonchev–Trinajstić information content (AvgIpc) is 2.63. The van der Waals surface area contributed by atoms with Gasteiger partial charge in [0.2, 0.25) is 0 Å². The molecule has 0 unspecified atom stereocenters. The fraction of sp³-hybridized carbons (Fsp3) is 0.444. The van der Waals surface area contributed by atoms with E-state index < -0.39 is 0 Å². The number of nitrogens with zero attached hydrogens (tertiary/aromatic N) is 3. The van der Waals surface area contributed by atoms with E-state index in [0.29, 0.717) is 5.82 Å². The van der Waals surface area contributed by atoms with Crippen molar-refractivity contribution in [3.05, 3.63) is 36.2 Å². The van der Waals surface area contributed by atoms with Crippen molar-refractivity contribution < 1.29 is 9.47 Å². The maximum absolute atomic E-state index is 5.37. The Bertz CT molecular complexity index is 689. The van der Waals surface area contributed by atoms with Crippen molar-refractivity contribution in [3.8, 4) is 5.75 Å². The molecule has 1 aromatic heterocycles. The Morgan fingerprint density at radius 1 is 1.16 bits per heavy atom. The topological polar surface area (TPSA) is 71.5 Å². The third-order valence-corrected chi connectivity index (χ3v) is 4.05. The molecular weight excluding hydrogens is 318 g/mol. The predicted octanol–water partition coefficient (Wildman–Crippen LogP) is 2.28. The second-order valence-corrected chi connectivity index (χ2v) is 5.89. The zero-order valence-electron chi connectivity index (χ0n) is 14.8. The number of hydrogen-bond donors (Lipinski definition) is 2. The second kappa shape index (κ2) is 8.64. The molecule has 0 amide bonds. The summed E-state index contributed by atoms with van der Waals surface area (Å²) in [7, 11) is 1.66. The van der Waals surface area contributed by atoms with Crippen molar-refractivity contribution in [1.82, 2.24) is 14.9 Å². The van der Waals surface area contributed by atoms with Crippen molar-refractivity contribution in [3.63, 3.8) is 0 Å². The minimum Gasteiger partial charge on any atom is -0.495 e. The molecule has 0 spiro atoms. The molecule has 2 N–H and O–H groups in total. The highest BCUT2D eigenvalue weighted by atomic mass is 16.5.